The first-order chi connectivity index (χ1) is 21.5. The molecule has 0 radical (unpaired) electrons. The number of alkyl halides is 2. The van der Waals surface area contributed by atoms with Crippen LogP contribution in [0.25, 0.3) is 11.1 Å². The number of carbonyl (C=O) groups is 2. The lowest BCUT2D eigenvalue weighted by Gasteiger charge is -2.39. The molecule has 3 fully saturated rings. The van der Waals surface area contributed by atoms with Crippen molar-refractivity contribution < 1.29 is 23.1 Å². The highest BCUT2D eigenvalue weighted by Gasteiger charge is 2.46. The topological polar surface area (TPSA) is 106 Å². The van der Waals surface area contributed by atoms with E-state index in [1.807, 2.05) is 6.20 Å². The minimum absolute atomic E-state index is 0.00346. The Morgan fingerprint density at radius 1 is 1.11 bits per heavy atom. The van der Waals surface area contributed by atoms with E-state index in [1.165, 1.54) is 25.3 Å². The lowest BCUT2D eigenvalue weighted by Crippen LogP contribution is -2.58. The number of anilines is 1. The standard InChI is InChI=1S/C33H36ClF2N5O4/c1-3-45-29-13-22(25-10-7-23(34)14-26(25)31(43)40-17-33(35,36)18-40)12-28(38-29)39-30(42)27-11-20(15-37-19(2)21-5-4-6-21)16-41(32(27)44)24-8-9-24/h7,10-14,16,19,21,24,37H,3-6,8-9,15,17-18H2,1-2H3,(H,38,39,42)/t19-/m0/s1. The number of hydrogen-bond acceptors (Lipinski definition) is 6. The van der Waals surface area contributed by atoms with Crippen LogP contribution >= 0.6 is 11.6 Å². The summed E-state index contributed by atoms with van der Waals surface area (Å²) in [6.45, 7) is 3.41. The van der Waals surface area contributed by atoms with Crippen molar-refractivity contribution >= 4 is 29.2 Å². The van der Waals surface area contributed by atoms with Crippen molar-refractivity contribution in [2.45, 2.75) is 70.5 Å². The third kappa shape index (κ3) is 6.89. The van der Waals surface area contributed by atoms with Gasteiger partial charge in [0.15, 0.2) is 0 Å². The molecule has 12 heteroatoms. The van der Waals surface area contributed by atoms with Crippen molar-refractivity contribution in [2.75, 3.05) is 25.0 Å². The molecular weight excluding hydrogens is 604 g/mol. The minimum atomic E-state index is -2.93. The molecule has 3 aliphatic rings. The molecule has 1 aromatic carbocycles. The van der Waals surface area contributed by atoms with Gasteiger partial charge in [0.1, 0.15) is 11.4 Å². The molecule has 2 N–H and O–H groups in total. The molecule has 0 bridgehead atoms. The first kappa shape index (κ1) is 31.2. The maximum atomic E-state index is 13.6. The van der Waals surface area contributed by atoms with E-state index in [9.17, 15) is 23.2 Å². The van der Waals surface area contributed by atoms with E-state index in [0.29, 0.717) is 29.6 Å². The summed E-state index contributed by atoms with van der Waals surface area (Å²) in [5.41, 5.74) is 1.47. The number of carbonyl (C=O) groups excluding carboxylic acids is 2. The first-order valence-electron chi connectivity index (χ1n) is 15.4. The lowest BCUT2D eigenvalue weighted by atomic mass is 9.80. The van der Waals surface area contributed by atoms with Gasteiger partial charge < -0.3 is 24.8 Å². The zero-order valence-corrected chi connectivity index (χ0v) is 26.0. The Balaban J connectivity index is 1.30. The fourth-order valence-electron chi connectivity index (χ4n) is 5.83. The van der Waals surface area contributed by atoms with E-state index in [2.05, 4.69) is 22.5 Å². The second-order valence-electron chi connectivity index (χ2n) is 12.2. The van der Waals surface area contributed by atoms with Crippen molar-refractivity contribution in [3.05, 3.63) is 74.7 Å². The predicted molar refractivity (Wildman–Crippen MR) is 167 cm³/mol. The van der Waals surface area contributed by atoms with E-state index < -0.39 is 30.8 Å². The molecule has 1 atom stereocenters. The van der Waals surface area contributed by atoms with Gasteiger partial charge in [-0.1, -0.05) is 24.1 Å². The fraction of sp³-hybridized carbons (Fsp3) is 0.455. The number of ether oxygens (including phenoxy) is 1. The summed E-state index contributed by atoms with van der Waals surface area (Å²) in [6, 6.07) is 9.82. The van der Waals surface area contributed by atoms with Gasteiger partial charge in [0.2, 0.25) is 5.88 Å². The summed E-state index contributed by atoms with van der Waals surface area (Å²) >= 11 is 6.20. The molecule has 2 aromatic heterocycles. The Kier molecular flexibility index (Phi) is 8.67. The van der Waals surface area contributed by atoms with Crippen LogP contribution in [-0.4, -0.2) is 57.9 Å². The Hall–Kier alpha value is -3.83. The average Bonchev–Trinajstić information content (AvgIpc) is 3.79. The Bertz CT molecular complexity index is 1680. The highest BCUT2D eigenvalue weighted by atomic mass is 35.5. The summed E-state index contributed by atoms with van der Waals surface area (Å²) in [5.74, 6) is -3.22. The molecule has 3 aromatic rings. The number of amides is 2. The Morgan fingerprint density at radius 2 is 1.87 bits per heavy atom. The molecule has 0 unspecified atom stereocenters. The molecule has 0 spiro atoms. The van der Waals surface area contributed by atoms with Crippen LogP contribution in [0.1, 0.15) is 78.3 Å². The van der Waals surface area contributed by atoms with Gasteiger partial charge in [0.25, 0.3) is 23.3 Å². The van der Waals surface area contributed by atoms with Crippen molar-refractivity contribution in [3.8, 4) is 17.0 Å². The van der Waals surface area contributed by atoms with Gasteiger partial charge in [-0.2, -0.15) is 4.98 Å². The summed E-state index contributed by atoms with van der Waals surface area (Å²) in [7, 11) is 0. The van der Waals surface area contributed by atoms with E-state index in [1.54, 1.807) is 41.8 Å². The van der Waals surface area contributed by atoms with Crippen molar-refractivity contribution in [2.24, 2.45) is 5.92 Å². The molecule has 3 heterocycles. The summed E-state index contributed by atoms with van der Waals surface area (Å²) in [6.07, 6.45) is 7.28. The monoisotopic (exact) mass is 639 g/mol. The second-order valence-corrected chi connectivity index (χ2v) is 12.7. The molecule has 2 aliphatic carbocycles. The third-order valence-corrected chi connectivity index (χ3v) is 8.99. The third-order valence-electron chi connectivity index (χ3n) is 8.76. The molecule has 2 saturated carbocycles. The molecule has 9 nitrogen and oxygen atoms in total. The minimum Gasteiger partial charge on any atom is -0.478 e. The maximum Gasteiger partial charge on any atom is 0.282 e. The van der Waals surface area contributed by atoms with Gasteiger partial charge in [0, 0.05) is 41.5 Å². The average molecular weight is 640 g/mol. The maximum absolute atomic E-state index is 13.6. The van der Waals surface area contributed by atoms with E-state index in [-0.39, 0.29) is 46.1 Å². The highest BCUT2D eigenvalue weighted by molar-refractivity contribution is 6.31. The van der Waals surface area contributed by atoms with Gasteiger partial charge in [0.05, 0.1) is 19.7 Å². The van der Waals surface area contributed by atoms with Gasteiger partial charge >= 0.3 is 0 Å². The number of benzene rings is 1. The van der Waals surface area contributed by atoms with Gasteiger partial charge in [-0.3, -0.25) is 14.4 Å². The quantitative estimate of drug-likeness (QED) is 0.270. The molecular formula is C33H36ClF2N5O4. The summed E-state index contributed by atoms with van der Waals surface area (Å²) in [4.78, 5) is 45.7. The van der Waals surface area contributed by atoms with Crippen LogP contribution in [0, 0.1) is 5.92 Å². The molecule has 45 heavy (non-hydrogen) atoms. The van der Waals surface area contributed by atoms with E-state index in [0.717, 1.165) is 23.3 Å². The van der Waals surface area contributed by atoms with E-state index in [4.69, 9.17) is 16.3 Å². The SMILES string of the molecule is CCOc1cc(-c2ccc(Cl)cc2C(=O)N2CC(F)(F)C2)cc(NC(=O)c2cc(CN[C@@H](C)C3CCC3)cn(C3CC3)c2=O)n1. The van der Waals surface area contributed by atoms with Crippen LogP contribution in [0.3, 0.4) is 0 Å². The second kappa shape index (κ2) is 12.5. The molecule has 238 valence electrons. The molecule has 6 rings (SSSR count). The Morgan fingerprint density at radius 3 is 2.51 bits per heavy atom. The van der Waals surface area contributed by atoms with Gasteiger partial charge in [-0.25, -0.2) is 8.78 Å². The number of rotatable bonds is 11. The van der Waals surface area contributed by atoms with Crippen LogP contribution in [0.5, 0.6) is 5.88 Å². The number of nitrogens with one attached hydrogen (secondary N) is 2. The lowest BCUT2D eigenvalue weighted by molar-refractivity contribution is -0.113. The van der Waals surface area contributed by atoms with Crippen molar-refractivity contribution in [1.82, 2.24) is 19.8 Å². The summed E-state index contributed by atoms with van der Waals surface area (Å²) < 4.78 is 34.4. The van der Waals surface area contributed by atoms with Crippen LogP contribution in [0.2, 0.25) is 5.02 Å². The fourth-order valence-corrected chi connectivity index (χ4v) is 6.00. The van der Waals surface area contributed by atoms with Crippen LogP contribution < -0.4 is 20.9 Å². The van der Waals surface area contributed by atoms with Gasteiger partial charge in [-0.05, 0) is 86.4 Å². The number of nitrogens with zero attached hydrogens (tertiary/aromatic N) is 3. The summed E-state index contributed by atoms with van der Waals surface area (Å²) in [5, 5.41) is 6.57. The van der Waals surface area contributed by atoms with Crippen LogP contribution in [-0.2, 0) is 6.54 Å². The highest BCUT2D eigenvalue weighted by Crippen LogP contribution is 2.36. The van der Waals surface area contributed by atoms with Crippen molar-refractivity contribution in [3.63, 3.8) is 0 Å². The van der Waals surface area contributed by atoms with Crippen LogP contribution in [0.4, 0.5) is 14.6 Å². The molecule has 1 aliphatic heterocycles. The molecule has 2 amide bonds. The zero-order chi connectivity index (χ0) is 31.9. The number of pyridine rings is 2. The largest absolute Gasteiger partial charge is 0.478 e. The Labute approximate surface area is 264 Å². The smallest absolute Gasteiger partial charge is 0.282 e. The number of halogens is 3. The first-order valence-corrected chi connectivity index (χ1v) is 15.8. The van der Waals surface area contributed by atoms with E-state index >= 15 is 0 Å². The number of likely N-dealkylation sites (tertiary alicyclic amines) is 1. The predicted octanol–water partition coefficient (Wildman–Crippen LogP) is 5.92. The normalized spacial score (nSPS) is 18.1. The van der Waals surface area contributed by atoms with Crippen molar-refractivity contribution in [1.29, 1.82) is 0 Å². The number of aromatic nitrogens is 2. The van der Waals surface area contributed by atoms with Crippen LogP contribution in [0.15, 0.2) is 47.4 Å². The zero-order valence-electron chi connectivity index (χ0n) is 25.2. The number of hydrogen-bond donors (Lipinski definition) is 2. The molecule has 1 saturated heterocycles. The van der Waals surface area contributed by atoms with Gasteiger partial charge in [-0.15, -0.1) is 0 Å².